The maximum Gasteiger partial charge on any atom is 0.209 e. The normalized spacial score (nSPS) is 18.4. The van der Waals surface area contributed by atoms with Crippen LogP contribution < -0.4 is 0 Å². The zero-order valence-corrected chi connectivity index (χ0v) is 23.1. The van der Waals surface area contributed by atoms with Crippen LogP contribution in [0.3, 0.4) is 0 Å². The smallest absolute Gasteiger partial charge is 0.209 e. The number of carbonyl (C=O) groups is 1. The number of hydrogen-bond donors (Lipinski definition) is 1. The van der Waals surface area contributed by atoms with E-state index in [1.807, 2.05) is 48.7 Å². The number of benzene rings is 1. The molecule has 2 heterocycles. The van der Waals surface area contributed by atoms with Crippen LogP contribution in [0.15, 0.2) is 84.5 Å². The topological polar surface area (TPSA) is 45.1 Å². The molecule has 1 aliphatic carbocycles. The van der Waals surface area contributed by atoms with Gasteiger partial charge < -0.3 is 9.72 Å². The zero-order chi connectivity index (χ0) is 26.7. The molecule has 0 radical (unpaired) electrons. The van der Waals surface area contributed by atoms with E-state index in [1.165, 1.54) is 25.7 Å². The van der Waals surface area contributed by atoms with E-state index in [1.54, 1.807) is 7.11 Å². The minimum atomic E-state index is -0.307. The fraction of sp³-hybridized carbons (Fsp3) is 0.394. The molecule has 2 aromatic rings. The summed E-state index contributed by atoms with van der Waals surface area (Å²) in [6.45, 7) is 18.1. The number of ketones is 1. The summed E-state index contributed by atoms with van der Waals surface area (Å²) in [5, 5.41) is 1.03. The molecule has 0 unspecified atom stereocenters. The van der Waals surface area contributed by atoms with Gasteiger partial charge in [-0.25, -0.2) is 0 Å². The van der Waals surface area contributed by atoms with E-state index in [2.05, 4.69) is 50.4 Å². The average molecular weight is 498 g/mol. The molecule has 4 nitrogen and oxygen atoms in total. The number of Topliss-reactive ketones (excluding diaryl/α,β-unsaturated/α-hetero) is 1. The SMILES string of the molecule is C=CC1=C(C=C)C(C)(C)C(/C=C2\C(=O)C(c3c[nH]c4ccccc34)=C2OC)=[N+]1CCC(CCC)CCC. The third-order valence-electron chi connectivity index (χ3n) is 8.01. The molecule has 2 aliphatic rings. The molecule has 0 saturated heterocycles. The molecule has 37 heavy (non-hydrogen) atoms. The first-order valence-corrected chi connectivity index (χ1v) is 13.6. The lowest BCUT2D eigenvalue weighted by Crippen LogP contribution is -2.30. The number of para-hydroxylation sites is 1. The van der Waals surface area contributed by atoms with Crippen molar-refractivity contribution in [1.29, 1.82) is 0 Å². The molecular weight excluding hydrogens is 456 g/mol. The molecule has 0 fully saturated rings. The summed E-state index contributed by atoms with van der Waals surface area (Å²) < 4.78 is 8.19. The molecule has 0 spiro atoms. The number of ether oxygens (including phenoxy) is 1. The van der Waals surface area contributed by atoms with Crippen molar-refractivity contribution >= 4 is 28.0 Å². The van der Waals surface area contributed by atoms with Gasteiger partial charge in [-0.15, -0.1) is 0 Å². The highest BCUT2D eigenvalue weighted by molar-refractivity contribution is 6.41. The van der Waals surface area contributed by atoms with E-state index in [0.29, 0.717) is 22.8 Å². The van der Waals surface area contributed by atoms with Gasteiger partial charge in [0.1, 0.15) is 12.3 Å². The summed E-state index contributed by atoms with van der Waals surface area (Å²) >= 11 is 0. The van der Waals surface area contributed by atoms with Crippen LogP contribution >= 0.6 is 0 Å². The second kappa shape index (κ2) is 10.9. The Morgan fingerprint density at radius 3 is 2.41 bits per heavy atom. The number of aromatic nitrogens is 1. The fourth-order valence-corrected chi connectivity index (χ4v) is 6.13. The Morgan fingerprint density at radius 1 is 1.08 bits per heavy atom. The van der Waals surface area contributed by atoms with Crippen molar-refractivity contribution in [2.75, 3.05) is 13.7 Å². The highest BCUT2D eigenvalue weighted by atomic mass is 16.5. The summed E-state index contributed by atoms with van der Waals surface area (Å²) in [4.78, 5) is 16.9. The average Bonchev–Trinajstić information content (AvgIpc) is 3.39. The lowest BCUT2D eigenvalue weighted by Gasteiger charge is -2.25. The fourth-order valence-electron chi connectivity index (χ4n) is 6.13. The van der Waals surface area contributed by atoms with Crippen LogP contribution in [0.2, 0.25) is 0 Å². The van der Waals surface area contributed by atoms with Gasteiger partial charge in [0, 0.05) is 46.8 Å². The molecule has 4 rings (SSSR count). The number of rotatable bonds is 12. The number of carbonyl (C=O) groups excluding carboxylic acids is 1. The van der Waals surface area contributed by atoms with Crippen LogP contribution in [0.4, 0.5) is 0 Å². The van der Waals surface area contributed by atoms with Crippen molar-refractivity contribution in [3.63, 3.8) is 0 Å². The number of aromatic amines is 1. The van der Waals surface area contributed by atoms with E-state index in [0.717, 1.165) is 46.4 Å². The molecule has 1 aliphatic heterocycles. The first-order chi connectivity index (χ1) is 17.8. The monoisotopic (exact) mass is 497 g/mol. The number of H-pyrrole nitrogens is 1. The Hall–Kier alpha value is -3.40. The molecule has 1 N–H and O–H groups in total. The predicted octanol–water partition coefficient (Wildman–Crippen LogP) is 7.76. The van der Waals surface area contributed by atoms with Crippen LogP contribution in [0.25, 0.3) is 16.5 Å². The number of fused-ring (bicyclic) bond motifs is 1. The quantitative estimate of drug-likeness (QED) is 0.241. The zero-order valence-electron chi connectivity index (χ0n) is 23.1. The van der Waals surface area contributed by atoms with E-state index >= 15 is 0 Å². The molecule has 0 atom stereocenters. The molecule has 0 amide bonds. The highest BCUT2D eigenvalue weighted by Gasteiger charge is 2.47. The Bertz CT molecular complexity index is 1350. The summed E-state index contributed by atoms with van der Waals surface area (Å²) in [5.74, 6) is 1.37. The first kappa shape index (κ1) is 26.7. The molecule has 194 valence electrons. The number of methoxy groups -OCH3 is 1. The van der Waals surface area contributed by atoms with Gasteiger partial charge in [-0.2, -0.15) is 4.58 Å². The minimum Gasteiger partial charge on any atom is -0.495 e. The van der Waals surface area contributed by atoms with Gasteiger partial charge in [-0.05, 0) is 25.8 Å². The van der Waals surface area contributed by atoms with Crippen molar-refractivity contribution < 1.29 is 14.1 Å². The molecular formula is C33H41N2O2+. The first-order valence-electron chi connectivity index (χ1n) is 13.6. The summed E-state index contributed by atoms with van der Waals surface area (Å²) in [6, 6.07) is 8.03. The molecule has 1 aromatic carbocycles. The largest absolute Gasteiger partial charge is 0.495 e. The summed E-state index contributed by atoms with van der Waals surface area (Å²) in [7, 11) is 1.65. The Kier molecular flexibility index (Phi) is 7.87. The van der Waals surface area contributed by atoms with Crippen molar-refractivity contribution in [3.8, 4) is 0 Å². The summed E-state index contributed by atoms with van der Waals surface area (Å²) in [5.41, 5.74) is 6.18. The van der Waals surface area contributed by atoms with Gasteiger partial charge in [0.05, 0.1) is 23.7 Å². The van der Waals surface area contributed by atoms with E-state index in [-0.39, 0.29) is 11.2 Å². The van der Waals surface area contributed by atoms with E-state index in [9.17, 15) is 4.79 Å². The molecule has 4 heteroatoms. The lowest BCUT2D eigenvalue weighted by atomic mass is 9.77. The van der Waals surface area contributed by atoms with Crippen LogP contribution in [0, 0.1) is 11.3 Å². The predicted molar refractivity (Wildman–Crippen MR) is 155 cm³/mol. The van der Waals surface area contributed by atoms with Crippen molar-refractivity contribution in [1.82, 2.24) is 4.98 Å². The van der Waals surface area contributed by atoms with Gasteiger partial charge in [0.15, 0.2) is 5.71 Å². The maximum absolute atomic E-state index is 13.6. The van der Waals surface area contributed by atoms with Gasteiger partial charge in [-0.3, -0.25) is 4.79 Å². The van der Waals surface area contributed by atoms with Gasteiger partial charge in [-0.1, -0.05) is 77.0 Å². The number of nitrogens with one attached hydrogen (secondary N) is 1. The number of hydrogen-bond acceptors (Lipinski definition) is 2. The van der Waals surface area contributed by atoms with Crippen LogP contribution in [-0.2, 0) is 9.53 Å². The Morgan fingerprint density at radius 2 is 1.78 bits per heavy atom. The minimum absolute atomic E-state index is 0.0203. The number of nitrogens with zero attached hydrogens (tertiary/aromatic N) is 1. The lowest BCUT2D eigenvalue weighted by molar-refractivity contribution is -0.471. The van der Waals surface area contributed by atoms with Crippen LogP contribution in [0.1, 0.15) is 65.4 Å². The van der Waals surface area contributed by atoms with Crippen molar-refractivity contribution in [2.24, 2.45) is 11.3 Å². The van der Waals surface area contributed by atoms with Gasteiger partial charge in [0.25, 0.3) is 0 Å². The third-order valence-corrected chi connectivity index (χ3v) is 8.01. The van der Waals surface area contributed by atoms with Crippen molar-refractivity contribution in [2.45, 2.75) is 59.8 Å². The van der Waals surface area contributed by atoms with E-state index < -0.39 is 0 Å². The molecule has 0 bridgehead atoms. The Balaban J connectivity index is 1.80. The van der Waals surface area contributed by atoms with Crippen LogP contribution in [0.5, 0.6) is 0 Å². The summed E-state index contributed by atoms with van der Waals surface area (Å²) in [6.07, 6.45) is 13.8. The third kappa shape index (κ3) is 4.58. The Labute approximate surface area is 221 Å². The standard InChI is InChI=1S/C33H40N2O2/c1-8-14-22(15-9-2)18-19-35-28(11-4)26(10-3)33(5,6)29(35)20-24-31(36)30(32(24)37-7)25-21-34-27-17-13-12-16-23(25)27/h10-13,16-17,20-22H,3-4,8-9,14-15,18-19H2,1-2,5-7H3/p+1. The maximum atomic E-state index is 13.6. The van der Waals surface area contributed by atoms with Crippen LogP contribution in [-0.4, -0.2) is 34.7 Å². The van der Waals surface area contributed by atoms with Crippen molar-refractivity contribution in [3.05, 3.63) is 90.0 Å². The van der Waals surface area contributed by atoms with Gasteiger partial charge in [0.2, 0.25) is 11.5 Å². The second-order valence-corrected chi connectivity index (χ2v) is 10.6. The second-order valence-electron chi connectivity index (χ2n) is 10.6. The number of allylic oxidation sites excluding steroid dienone is 6. The molecule has 1 aromatic heterocycles. The van der Waals surface area contributed by atoms with Gasteiger partial charge >= 0.3 is 0 Å². The highest BCUT2D eigenvalue weighted by Crippen LogP contribution is 2.44. The van der Waals surface area contributed by atoms with E-state index in [4.69, 9.17) is 4.74 Å². The molecule has 0 saturated carbocycles.